The molecule has 3 nitrogen and oxygen atoms in total. The van der Waals surface area contributed by atoms with Gasteiger partial charge in [-0.2, -0.15) is 0 Å². The van der Waals surface area contributed by atoms with E-state index in [4.69, 9.17) is 0 Å². The van der Waals surface area contributed by atoms with Gasteiger partial charge in [0.25, 0.3) is 0 Å². The molecule has 0 aliphatic carbocycles. The van der Waals surface area contributed by atoms with Crippen LogP contribution in [0.2, 0.25) is 0 Å². The predicted molar refractivity (Wildman–Crippen MR) is 79.4 cm³/mol. The summed E-state index contributed by atoms with van der Waals surface area (Å²) in [6, 6.07) is 5.00. The molecular formula is C16H25FN2O. The molecule has 2 atom stereocenters. The Hall–Kier alpha value is -1.13. The maximum Gasteiger partial charge on any atom is 0.126 e. The Bertz CT molecular complexity index is 438. The van der Waals surface area contributed by atoms with Gasteiger partial charge in [-0.25, -0.2) is 4.39 Å². The third-order valence-electron chi connectivity index (χ3n) is 4.34. The lowest BCUT2D eigenvalue weighted by molar-refractivity contribution is 0.0958. The molecule has 0 bridgehead atoms. The number of rotatable bonds is 5. The monoisotopic (exact) mass is 280 g/mol. The number of aromatic hydroxyl groups is 1. The smallest absolute Gasteiger partial charge is 0.126 e. The van der Waals surface area contributed by atoms with E-state index in [-0.39, 0.29) is 17.6 Å². The van der Waals surface area contributed by atoms with Crippen molar-refractivity contribution in [3.8, 4) is 5.75 Å². The first-order valence-electron chi connectivity index (χ1n) is 7.52. The Kier molecular flexibility index (Phi) is 5.38. The van der Waals surface area contributed by atoms with Crippen molar-refractivity contribution in [2.24, 2.45) is 0 Å². The molecule has 2 unspecified atom stereocenters. The number of phenolic OH excluding ortho intramolecular Hbond substituents is 1. The molecule has 2 rings (SSSR count). The van der Waals surface area contributed by atoms with Gasteiger partial charge in [0.1, 0.15) is 11.6 Å². The molecule has 0 radical (unpaired) electrons. The third-order valence-corrected chi connectivity index (χ3v) is 4.34. The first-order chi connectivity index (χ1) is 9.63. The zero-order valence-corrected chi connectivity index (χ0v) is 12.4. The quantitative estimate of drug-likeness (QED) is 0.870. The summed E-state index contributed by atoms with van der Waals surface area (Å²) in [5, 5.41) is 13.2. The van der Waals surface area contributed by atoms with Crippen LogP contribution >= 0.6 is 0 Å². The topological polar surface area (TPSA) is 35.5 Å². The Balaban J connectivity index is 2.13. The summed E-state index contributed by atoms with van der Waals surface area (Å²) in [6.07, 6.45) is 4.78. The molecule has 20 heavy (non-hydrogen) atoms. The Labute approximate surface area is 120 Å². The molecular weight excluding hydrogens is 255 g/mol. The molecule has 0 spiro atoms. The van der Waals surface area contributed by atoms with Crippen LogP contribution in [0.25, 0.3) is 0 Å². The van der Waals surface area contributed by atoms with Crippen molar-refractivity contribution in [2.75, 3.05) is 20.1 Å². The Morgan fingerprint density at radius 1 is 1.45 bits per heavy atom. The van der Waals surface area contributed by atoms with Gasteiger partial charge >= 0.3 is 0 Å². The van der Waals surface area contributed by atoms with E-state index in [1.807, 2.05) is 7.05 Å². The summed E-state index contributed by atoms with van der Waals surface area (Å²) in [5.41, 5.74) is 0.822. The largest absolute Gasteiger partial charge is 0.508 e. The molecule has 1 aliphatic rings. The minimum Gasteiger partial charge on any atom is -0.508 e. The van der Waals surface area contributed by atoms with E-state index in [1.165, 1.54) is 31.4 Å². The zero-order chi connectivity index (χ0) is 14.5. The van der Waals surface area contributed by atoms with Gasteiger partial charge in [0.15, 0.2) is 0 Å². The molecule has 0 aromatic heterocycles. The standard InChI is InChI=1S/C16H25FN2O/c1-12(15-7-6-13(17)11-16(15)20)19-10-4-3-5-14(19)8-9-18-2/h6-7,11-12,14,18,20H,3-5,8-10H2,1-2H3. The number of benzene rings is 1. The number of nitrogens with one attached hydrogen (secondary N) is 1. The van der Waals surface area contributed by atoms with Crippen LogP contribution in [-0.4, -0.2) is 36.2 Å². The normalized spacial score (nSPS) is 21.9. The number of likely N-dealkylation sites (tertiary alicyclic amines) is 1. The van der Waals surface area contributed by atoms with Crippen LogP contribution in [0.4, 0.5) is 4.39 Å². The zero-order valence-electron chi connectivity index (χ0n) is 12.4. The van der Waals surface area contributed by atoms with Crippen LogP contribution in [0, 0.1) is 5.82 Å². The molecule has 1 saturated heterocycles. The highest BCUT2D eigenvalue weighted by atomic mass is 19.1. The van der Waals surface area contributed by atoms with Crippen molar-refractivity contribution in [1.82, 2.24) is 10.2 Å². The van der Waals surface area contributed by atoms with Crippen LogP contribution < -0.4 is 5.32 Å². The van der Waals surface area contributed by atoms with E-state index in [2.05, 4.69) is 17.1 Å². The predicted octanol–water partition coefficient (Wildman–Crippen LogP) is 3.06. The second kappa shape index (κ2) is 7.04. The lowest BCUT2D eigenvalue weighted by Crippen LogP contribution is -2.42. The minimum absolute atomic E-state index is 0.0652. The lowest BCUT2D eigenvalue weighted by atomic mass is 9.94. The van der Waals surface area contributed by atoms with Crippen molar-refractivity contribution >= 4 is 0 Å². The van der Waals surface area contributed by atoms with Gasteiger partial charge < -0.3 is 10.4 Å². The van der Waals surface area contributed by atoms with Crippen LogP contribution in [-0.2, 0) is 0 Å². The maximum atomic E-state index is 13.1. The van der Waals surface area contributed by atoms with E-state index < -0.39 is 0 Å². The number of hydrogen-bond donors (Lipinski definition) is 2. The summed E-state index contributed by atoms with van der Waals surface area (Å²) in [6.45, 7) is 4.15. The highest BCUT2D eigenvalue weighted by Crippen LogP contribution is 2.34. The average molecular weight is 280 g/mol. The molecule has 2 N–H and O–H groups in total. The van der Waals surface area contributed by atoms with Crippen molar-refractivity contribution in [1.29, 1.82) is 0 Å². The van der Waals surface area contributed by atoms with E-state index >= 15 is 0 Å². The molecule has 1 heterocycles. The van der Waals surface area contributed by atoms with Crippen molar-refractivity contribution in [3.05, 3.63) is 29.6 Å². The maximum absolute atomic E-state index is 13.1. The van der Waals surface area contributed by atoms with Crippen LogP contribution in [0.1, 0.15) is 44.2 Å². The van der Waals surface area contributed by atoms with Crippen LogP contribution in [0.3, 0.4) is 0 Å². The fraction of sp³-hybridized carbons (Fsp3) is 0.625. The highest BCUT2D eigenvalue weighted by Gasteiger charge is 2.28. The second-order valence-corrected chi connectivity index (χ2v) is 5.66. The van der Waals surface area contributed by atoms with E-state index in [1.54, 1.807) is 6.07 Å². The molecule has 1 aliphatic heterocycles. The van der Waals surface area contributed by atoms with Gasteiger partial charge in [-0.15, -0.1) is 0 Å². The first kappa shape index (κ1) is 15.3. The second-order valence-electron chi connectivity index (χ2n) is 5.66. The van der Waals surface area contributed by atoms with Crippen LogP contribution in [0.5, 0.6) is 5.75 Å². The first-order valence-corrected chi connectivity index (χ1v) is 7.52. The fourth-order valence-corrected chi connectivity index (χ4v) is 3.20. The van der Waals surface area contributed by atoms with E-state index in [0.29, 0.717) is 6.04 Å². The SMILES string of the molecule is CNCCC1CCCCN1C(C)c1ccc(F)cc1O. The van der Waals surface area contributed by atoms with Crippen LogP contribution in [0.15, 0.2) is 18.2 Å². The van der Waals surface area contributed by atoms with Gasteiger partial charge in [-0.05, 0) is 52.4 Å². The Morgan fingerprint density at radius 3 is 2.95 bits per heavy atom. The number of piperidine rings is 1. The van der Waals surface area contributed by atoms with Gasteiger partial charge in [0, 0.05) is 23.7 Å². The van der Waals surface area contributed by atoms with Gasteiger partial charge in [-0.1, -0.05) is 12.5 Å². The average Bonchev–Trinajstić information content (AvgIpc) is 2.45. The molecule has 1 aromatic carbocycles. The summed E-state index contributed by atoms with van der Waals surface area (Å²) < 4.78 is 13.1. The van der Waals surface area contributed by atoms with Crippen molar-refractivity contribution in [3.63, 3.8) is 0 Å². The highest BCUT2D eigenvalue weighted by molar-refractivity contribution is 5.35. The minimum atomic E-state index is -0.385. The van der Waals surface area contributed by atoms with E-state index in [0.717, 1.165) is 25.1 Å². The number of halogens is 1. The molecule has 0 saturated carbocycles. The number of nitrogens with zero attached hydrogens (tertiary/aromatic N) is 1. The third kappa shape index (κ3) is 3.49. The summed E-state index contributed by atoms with van der Waals surface area (Å²) in [5.74, 6) is -0.320. The summed E-state index contributed by atoms with van der Waals surface area (Å²) in [7, 11) is 1.97. The lowest BCUT2D eigenvalue weighted by Gasteiger charge is -2.40. The number of hydrogen-bond acceptors (Lipinski definition) is 3. The fourth-order valence-electron chi connectivity index (χ4n) is 3.20. The van der Waals surface area contributed by atoms with Gasteiger partial charge in [0.2, 0.25) is 0 Å². The van der Waals surface area contributed by atoms with Gasteiger partial charge in [-0.3, -0.25) is 4.90 Å². The molecule has 4 heteroatoms. The molecule has 1 fully saturated rings. The summed E-state index contributed by atoms with van der Waals surface area (Å²) in [4.78, 5) is 2.45. The van der Waals surface area contributed by atoms with Gasteiger partial charge in [0.05, 0.1) is 0 Å². The molecule has 0 amide bonds. The summed E-state index contributed by atoms with van der Waals surface area (Å²) >= 11 is 0. The Morgan fingerprint density at radius 2 is 2.25 bits per heavy atom. The van der Waals surface area contributed by atoms with Crippen molar-refractivity contribution in [2.45, 2.75) is 44.7 Å². The number of phenols is 1. The van der Waals surface area contributed by atoms with E-state index in [9.17, 15) is 9.50 Å². The molecule has 112 valence electrons. The molecule has 1 aromatic rings. The van der Waals surface area contributed by atoms with Crippen molar-refractivity contribution < 1.29 is 9.50 Å².